The Hall–Kier alpha value is -1.67. The third-order valence-corrected chi connectivity index (χ3v) is 4.14. The molecule has 0 radical (unpaired) electrons. The van der Waals surface area contributed by atoms with Gasteiger partial charge in [0.2, 0.25) is 0 Å². The number of nitrogens with zero attached hydrogens (tertiary/aromatic N) is 2. The Kier molecular flexibility index (Phi) is 2.90. The quantitative estimate of drug-likeness (QED) is 0.579. The van der Waals surface area contributed by atoms with Crippen molar-refractivity contribution in [2.75, 3.05) is 6.54 Å². The zero-order valence-corrected chi connectivity index (χ0v) is 11.8. The summed E-state index contributed by atoms with van der Waals surface area (Å²) in [5.41, 5.74) is 2.36. The van der Waals surface area contributed by atoms with Gasteiger partial charge in [0.05, 0.1) is 17.3 Å². The normalized spacial score (nSPS) is 23.5. The van der Waals surface area contributed by atoms with Crippen molar-refractivity contribution in [3.05, 3.63) is 29.3 Å². The molecule has 1 fully saturated rings. The number of hydrogen-bond donors (Lipinski definition) is 1. The van der Waals surface area contributed by atoms with Gasteiger partial charge in [-0.15, -0.1) is 9.24 Å². The average molecular weight is 274 g/mol. The Balaban J connectivity index is 2.09. The van der Waals surface area contributed by atoms with E-state index in [4.69, 9.17) is 0 Å². The fourth-order valence-corrected chi connectivity index (χ4v) is 2.79. The van der Waals surface area contributed by atoms with Gasteiger partial charge in [-0.25, -0.2) is 0 Å². The van der Waals surface area contributed by atoms with Gasteiger partial charge in [-0.05, 0) is 19.4 Å². The van der Waals surface area contributed by atoms with Crippen LogP contribution in [0.4, 0.5) is 5.69 Å². The lowest BCUT2D eigenvalue weighted by Gasteiger charge is -2.19. The molecule has 1 saturated heterocycles. The van der Waals surface area contributed by atoms with Crippen molar-refractivity contribution in [1.82, 2.24) is 4.90 Å². The molecule has 1 aromatic carbocycles. The number of carbonyl (C=O) groups is 1. The molecule has 2 aliphatic rings. The molecule has 4 nitrogen and oxygen atoms in total. The summed E-state index contributed by atoms with van der Waals surface area (Å²) in [5, 5.41) is 10.3. The van der Waals surface area contributed by atoms with Crippen LogP contribution in [0.2, 0.25) is 0 Å². The van der Waals surface area contributed by atoms with Crippen molar-refractivity contribution >= 4 is 32.4 Å². The Bertz CT molecular complexity index is 622. The van der Waals surface area contributed by atoms with Gasteiger partial charge in [0.25, 0.3) is 5.91 Å². The molecule has 1 N–H and O–H groups in total. The van der Waals surface area contributed by atoms with Crippen LogP contribution < -0.4 is 5.30 Å². The summed E-state index contributed by atoms with van der Waals surface area (Å²) in [7, 11) is 2.43. The SMILES string of the molecule is C/C=C1\CC2C=Nc3cc(O)c(P)cc3C(=O)N2C1. The van der Waals surface area contributed by atoms with Gasteiger partial charge < -0.3 is 10.0 Å². The van der Waals surface area contributed by atoms with E-state index in [1.165, 1.54) is 5.57 Å². The molecule has 0 aliphatic carbocycles. The highest BCUT2D eigenvalue weighted by atomic mass is 31.0. The van der Waals surface area contributed by atoms with Crippen molar-refractivity contribution in [2.24, 2.45) is 4.99 Å². The van der Waals surface area contributed by atoms with Gasteiger partial charge in [-0.3, -0.25) is 9.79 Å². The number of benzene rings is 1. The van der Waals surface area contributed by atoms with E-state index < -0.39 is 0 Å². The predicted molar refractivity (Wildman–Crippen MR) is 78.8 cm³/mol. The van der Waals surface area contributed by atoms with Crippen molar-refractivity contribution in [3.63, 3.8) is 0 Å². The standard InChI is InChI=1S/C14H15N2O2P/c1-2-8-3-9-6-15-11-5-12(17)13(19)4-10(11)14(18)16(9)7-8/h2,4-6,9,17H,3,7,19H2,1H3/b8-2+. The molecule has 19 heavy (non-hydrogen) atoms. The Morgan fingerprint density at radius 3 is 3.05 bits per heavy atom. The molecule has 1 amide bonds. The molecule has 0 aromatic heterocycles. The summed E-state index contributed by atoms with van der Waals surface area (Å²) in [6.45, 7) is 2.66. The molecule has 0 bridgehead atoms. The Labute approximate surface area is 114 Å². The molecule has 2 atom stereocenters. The molecule has 2 heterocycles. The van der Waals surface area contributed by atoms with Crippen LogP contribution >= 0.6 is 9.24 Å². The minimum absolute atomic E-state index is 0.0157. The summed E-state index contributed by atoms with van der Waals surface area (Å²) in [6.07, 6.45) is 4.72. The van der Waals surface area contributed by atoms with E-state index in [2.05, 4.69) is 20.3 Å². The molecule has 3 rings (SSSR count). The molecular formula is C14H15N2O2P. The van der Waals surface area contributed by atoms with Gasteiger partial charge in [0.15, 0.2) is 0 Å². The fraction of sp³-hybridized carbons (Fsp3) is 0.286. The van der Waals surface area contributed by atoms with E-state index >= 15 is 0 Å². The third-order valence-electron chi connectivity index (χ3n) is 3.68. The summed E-state index contributed by atoms with van der Waals surface area (Å²) >= 11 is 0. The van der Waals surface area contributed by atoms with Crippen LogP contribution in [-0.2, 0) is 0 Å². The lowest BCUT2D eigenvalue weighted by Crippen LogP contribution is -2.35. The summed E-state index contributed by atoms with van der Waals surface area (Å²) < 4.78 is 0. The largest absolute Gasteiger partial charge is 0.507 e. The molecule has 2 aliphatic heterocycles. The monoisotopic (exact) mass is 274 g/mol. The van der Waals surface area contributed by atoms with Crippen LogP contribution in [0, 0.1) is 0 Å². The molecule has 2 unspecified atom stereocenters. The number of allylic oxidation sites excluding steroid dienone is 1. The molecular weight excluding hydrogens is 259 g/mol. The maximum absolute atomic E-state index is 12.6. The second-order valence-corrected chi connectivity index (χ2v) is 5.48. The summed E-state index contributed by atoms with van der Waals surface area (Å²) in [6, 6.07) is 3.26. The van der Waals surface area contributed by atoms with E-state index in [-0.39, 0.29) is 17.7 Å². The minimum atomic E-state index is -0.0157. The smallest absolute Gasteiger partial charge is 0.256 e. The number of carbonyl (C=O) groups excluding carboxylic acids is 1. The molecule has 1 aromatic rings. The number of phenols is 1. The van der Waals surface area contributed by atoms with Gasteiger partial charge in [0.1, 0.15) is 5.75 Å². The summed E-state index contributed by atoms with van der Waals surface area (Å²) in [5.74, 6) is 0.128. The van der Waals surface area contributed by atoms with Gasteiger partial charge >= 0.3 is 0 Å². The Morgan fingerprint density at radius 1 is 1.53 bits per heavy atom. The van der Waals surface area contributed by atoms with Crippen molar-refractivity contribution in [3.8, 4) is 5.75 Å². The van der Waals surface area contributed by atoms with Crippen LogP contribution in [0.3, 0.4) is 0 Å². The number of hydrogen-bond acceptors (Lipinski definition) is 3. The third kappa shape index (κ3) is 1.96. The van der Waals surface area contributed by atoms with Crippen LogP contribution in [0.5, 0.6) is 5.75 Å². The van der Waals surface area contributed by atoms with Gasteiger partial charge in [-0.1, -0.05) is 11.6 Å². The molecule has 98 valence electrons. The first-order valence-electron chi connectivity index (χ1n) is 6.22. The number of phenolic OH excluding ortho intramolecular Hbond substituents is 1. The zero-order valence-electron chi connectivity index (χ0n) is 10.6. The van der Waals surface area contributed by atoms with Crippen LogP contribution in [0.25, 0.3) is 0 Å². The highest BCUT2D eigenvalue weighted by molar-refractivity contribution is 7.27. The van der Waals surface area contributed by atoms with Crippen LogP contribution in [-0.4, -0.2) is 34.7 Å². The average Bonchev–Trinajstić information content (AvgIpc) is 2.77. The minimum Gasteiger partial charge on any atom is -0.507 e. The molecule has 0 spiro atoms. The summed E-state index contributed by atoms with van der Waals surface area (Å²) in [4.78, 5) is 18.8. The van der Waals surface area contributed by atoms with Crippen molar-refractivity contribution in [1.29, 1.82) is 0 Å². The molecule has 5 heteroatoms. The number of rotatable bonds is 0. The van der Waals surface area contributed by atoms with Gasteiger partial charge in [0, 0.05) is 24.1 Å². The Morgan fingerprint density at radius 2 is 2.32 bits per heavy atom. The number of amides is 1. The number of aliphatic imine (C=N–C) groups is 1. The lowest BCUT2D eigenvalue weighted by molar-refractivity contribution is 0.0778. The van der Waals surface area contributed by atoms with E-state index in [9.17, 15) is 9.90 Å². The molecule has 0 saturated carbocycles. The van der Waals surface area contributed by atoms with Crippen LogP contribution in [0.1, 0.15) is 23.7 Å². The first-order chi connectivity index (χ1) is 9.10. The topological polar surface area (TPSA) is 52.9 Å². The zero-order chi connectivity index (χ0) is 13.6. The van der Waals surface area contributed by atoms with Crippen molar-refractivity contribution < 1.29 is 9.90 Å². The fourth-order valence-electron chi connectivity index (χ4n) is 2.54. The first kappa shape index (κ1) is 12.4. The second-order valence-electron chi connectivity index (χ2n) is 4.86. The maximum Gasteiger partial charge on any atom is 0.256 e. The van der Waals surface area contributed by atoms with E-state index in [1.54, 1.807) is 12.1 Å². The van der Waals surface area contributed by atoms with Crippen LogP contribution in [0.15, 0.2) is 28.8 Å². The van der Waals surface area contributed by atoms with E-state index in [0.29, 0.717) is 23.1 Å². The number of fused-ring (bicyclic) bond motifs is 2. The van der Waals surface area contributed by atoms with E-state index in [1.807, 2.05) is 18.0 Å². The predicted octanol–water partition coefficient (Wildman–Crippen LogP) is 1.77. The van der Waals surface area contributed by atoms with Crippen molar-refractivity contribution in [2.45, 2.75) is 19.4 Å². The lowest BCUT2D eigenvalue weighted by atomic mass is 10.1. The highest BCUT2D eigenvalue weighted by Gasteiger charge is 2.34. The highest BCUT2D eigenvalue weighted by Crippen LogP contribution is 2.32. The second kappa shape index (κ2) is 4.46. The van der Waals surface area contributed by atoms with E-state index in [0.717, 1.165) is 6.42 Å². The first-order valence-corrected chi connectivity index (χ1v) is 6.79. The van der Waals surface area contributed by atoms with Gasteiger partial charge in [-0.2, -0.15) is 0 Å². The maximum atomic E-state index is 12.6. The number of aromatic hydroxyl groups is 1.